The van der Waals surface area contributed by atoms with E-state index >= 15 is 0 Å². The Kier molecular flexibility index (Phi) is 5.28. The highest BCUT2D eigenvalue weighted by molar-refractivity contribution is 7.89. The molecule has 6 nitrogen and oxygen atoms in total. The Hall–Kier alpha value is -3.42. The van der Waals surface area contributed by atoms with Crippen LogP contribution in [0.5, 0.6) is 0 Å². The van der Waals surface area contributed by atoms with E-state index in [4.69, 9.17) is 4.42 Å². The van der Waals surface area contributed by atoms with E-state index in [1.54, 1.807) is 30.3 Å². The van der Waals surface area contributed by atoms with Gasteiger partial charge in [-0.2, -0.15) is 4.31 Å². The molecule has 5 rings (SSSR count). The third-order valence-electron chi connectivity index (χ3n) is 5.85. The number of nitrogens with zero attached hydrogens (tertiary/aromatic N) is 1. The largest absolute Gasteiger partial charge is 0.467 e. The topological polar surface area (TPSA) is 79.6 Å². The van der Waals surface area contributed by atoms with Gasteiger partial charge in [0.2, 0.25) is 15.9 Å². The van der Waals surface area contributed by atoms with Crippen molar-refractivity contribution in [3.8, 4) is 0 Å². The van der Waals surface area contributed by atoms with Gasteiger partial charge >= 0.3 is 0 Å². The summed E-state index contributed by atoms with van der Waals surface area (Å²) in [5.74, 6) is 0.263. The number of carbonyl (C=O) groups is 1. The molecule has 32 heavy (non-hydrogen) atoms. The maximum Gasteiger partial charge on any atom is 0.244 e. The molecular formula is C25H22N2O4S. The molecule has 1 aliphatic rings. The second-order valence-electron chi connectivity index (χ2n) is 7.85. The minimum atomic E-state index is -3.91. The van der Waals surface area contributed by atoms with Crippen molar-refractivity contribution in [2.45, 2.75) is 30.4 Å². The maximum atomic E-state index is 13.7. The second-order valence-corrected chi connectivity index (χ2v) is 9.74. The van der Waals surface area contributed by atoms with Crippen LogP contribution < -0.4 is 5.32 Å². The Morgan fingerprint density at radius 1 is 0.938 bits per heavy atom. The third-order valence-corrected chi connectivity index (χ3v) is 7.70. The van der Waals surface area contributed by atoms with Crippen LogP contribution in [0.1, 0.15) is 16.9 Å². The molecule has 0 fully saturated rings. The molecule has 0 spiro atoms. The Morgan fingerprint density at radius 2 is 1.69 bits per heavy atom. The molecule has 4 aromatic rings. The molecular weight excluding hydrogens is 424 g/mol. The molecule has 0 radical (unpaired) electrons. The highest BCUT2D eigenvalue weighted by atomic mass is 32.2. The van der Waals surface area contributed by atoms with Gasteiger partial charge in [0.05, 0.1) is 17.7 Å². The highest BCUT2D eigenvalue weighted by Crippen LogP contribution is 2.30. The van der Waals surface area contributed by atoms with Crippen molar-refractivity contribution in [2.75, 3.05) is 0 Å². The van der Waals surface area contributed by atoms with Gasteiger partial charge in [-0.15, -0.1) is 0 Å². The number of hydrogen-bond donors (Lipinski definition) is 1. The van der Waals surface area contributed by atoms with Crippen molar-refractivity contribution in [1.82, 2.24) is 9.62 Å². The van der Waals surface area contributed by atoms with E-state index in [9.17, 15) is 13.2 Å². The number of fused-ring (bicyclic) bond motifs is 2. The van der Waals surface area contributed by atoms with E-state index in [1.165, 1.54) is 10.6 Å². The standard InChI is InChI=1S/C25H22N2O4S/c28-25(26-16-22-10-5-13-31-22)24-15-20-8-3-4-9-21(20)17-27(24)32(29,30)23-12-11-18-6-1-2-7-19(18)14-23/h1-14,24H,15-17H2,(H,26,28)/t24-/m0/s1. The molecule has 0 bridgehead atoms. The minimum Gasteiger partial charge on any atom is -0.467 e. The van der Waals surface area contributed by atoms with Crippen LogP contribution in [0.3, 0.4) is 0 Å². The number of rotatable bonds is 5. The van der Waals surface area contributed by atoms with Crippen LogP contribution >= 0.6 is 0 Å². The second kappa shape index (κ2) is 8.26. The predicted octanol–water partition coefficient (Wildman–Crippen LogP) is 3.86. The minimum absolute atomic E-state index is 0.143. The lowest BCUT2D eigenvalue weighted by atomic mass is 9.95. The first-order chi connectivity index (χ1) is 15.5. The van der Waals surface area contributed by atoms with Gasteiger partial charge in [-0.3, -0.25) is 4.79 Å². The van der Waals surface area contributed by atoms with Crippen LogP contribution in [0, 0.1) is 0 Å². The zero-order valence-corrected chi connectivity index (χ0v) is 18.1. The van der Waals surface area contributed by atoms with E-state index in [2.05, 4.69) is 5.32 Å². The molecule has 7 heteroatoms. The quantitative estimate of drug-likeness (QED) is 0.505. The average molecular weight is 447 g/mol. The number of hydrogen-bond acceptors (Lipinski definition) is 4. The number of sulfonamides is 1. The Balaban J connectivity index is 1.50. The fourth-order valence-corrected chi connectivity index (χ4v) is 5.74. The molecule has 0 saturated carbocycles. The zero-order valence-electron chi connectivity index (χ0n) is 17.3. The van der Waals surface area contributed by atoms with Crippen molar-refractivity contribution < 1.29 is 17.6 Å². The van der Waals surface area contributed by atoms with Crippen molar-refractivity contribution in [3.05, 3.63) is 102 Å². The van der Waals surface area contributed by atoms with Gasteiger partial charge in [-0.05, 0) is 52.6 Å². The lowest BCUT2D eigenvalue weighted by Crippen LogP contribution is -2.52. The summed E-state index contributed by atoms with van der Waals surface area (Å²) in [5.41, 5.74) is 1.89. The van der Waals surface area contributed by atoms with Gasteiger partial charge in [-0.1, -0.05) is 54.6 Å². The van der Waals surface area contributed by atoms with Crippen molar-refractivity contribution in [1.29, 1.82) is 0 Å². The summed E-state index contributed by atoms with van der Waals surface area (Å²) in [4.78, 5) is 13.3. The number of amides is 1. The Labute approximate surface area is 186 Å². The van der Waals surface area contributed by atoms with Crippen LogP contribution in [0.15, 0.2) is 94.4 Å². The number of furan rings is 1. The van der Waals surface area contributed by atoms with Crippen LogP contribution in [0.25, 0.3) is 10.8 Å². The summed E-state index contributed by atoms with van der Waals surface area (Å²) in [6.07, 6.45) is 1.85. The van der Waals surface area contributed by atoms with Crippen LogP contribution in [0.4, 0.5) is 0 Å². The molecule has 3 aromatic carbocycles. The van der Waals surface area contributed by atoms with Crippen molar-refractivity contribution >= 4 is 26.7 Å². The van der Waals surface area contributed by atoms with Gasteiger partial charge in [-0.25, -0.2) is 8.42 Å². The van der Waals surface area contributed by atoms with Gasteiger partial charge in [0.1, 0.15) is 11.8 Å². The van der Waals surface area contributed by atoms with Crippen molar-refractivity contribution in [3.63, 3.8) is 0 Å². The van der Waals surface area contributed by atoms with Gasteiger partial charge in [0.15, 0.2) is 0 Å². The van der Waals surface area contributed by atoms with Gasteiger partial charge in [0, 0.05) is 6.54 Å². The summed E-state index contributed by atoms with van der Waals surface area (Å²) >= 11 is 0. The molecule has 0 unspecified atom stereocenters. The molecule has 0 saturated heterocycles. The van der Waals surface area contributed by atoms with Crippen LogP contribution in [-0.4, -0.2) is 24.7 Å². The molecule has 1 aromatic heterocycles. The molecule has 1 aliphatic heterocycles. The number of nitrogens with one attached hydrogen (secondary N) is 1. The molecule has 1 atom stereocenters. The summed E-state index contributed by atoms with van der Waals surface area (Å²) in [6.45, 7) is 0.345. The Morgan fingerprint density at radius 3 is 2.47 bits per heavy atom. The lowest BCUT2D eigenvalue weighted by Gasteiger charge is -2.35. The fourth-order valence-electron chi connectivity index (χ4n) is 4.14. The summed E-state index contributed by atoms with van der Waals surface area (Å²) in [5, 5.41) is 4.63. The highest BCUT2D eigenvalue weighted by Gasteiger charge is 2.39. The summed E-state index contributed by atoms with van der Waals surface area (Å²) in [7, 11) is -3.91. The lowest BCUT2D eigenvalue weighted by molar-refractivity contribution is -0.125. The molecule has 2 heterocycles. The average Bonchev–Trinajstić information content (AvgIpc) is 3.35. The molecule has 1 amide bonds. The predicted molar refractivity (Wildman–Crippen MR) is 121 cm³/mol. The van der Waals surface area contributed by atoms with Gasteiger partial charge < -0.3 is 9.73 Å². The van der Waals surface area contributed by atoms with E-state index in [0.717, 1.165) is 21.9 Å². The maximum absolute atomic E-state index is 13.7. The van der Waals surface area contributed by atoms with E-state index in [0.29, 0.717) is 12.2 Å². The number of carbonyl (C=O) groups excluding carboxylic acids is 1. The SMILES string of the molecule is O=C(NCc1ccco1)[C@@H]1Cc2ccccc2CN1S(=O)(=O)c1ccc2ccccc2c1. The summed E-state index contributed by atoms with van der Waals surface area (Å²) < 4.78 is 34.0. The normalized spacial score (nSPS) is 16.6. The zero-order chi connectivity index (χ0) is 22.1. The monoisotopic (exact) mass is 446 g/mol. The van der Waals surface area contributed by atoms with Crippen LogP contribution in [0.2, 0.25) is 0 Å². The van der Waals surface area contributed by atoms with Crippen LogP contribution in [-0.2, 0) is 34.3 Å². The molecule has 162 valence electrons. The smallest absolute Gasteiger partial charge is 0.244 e. The summed E-state index contributed by atoms with van der Waals surface area (Å²) in [6, 6.07) is 23.0. The number of benzene rings is 3. The van der Waals surface area contributed by atoms with E-state index in [-0.39, 0.29) is 23.9 Å². The third kappa shape index (κ3) is 3.81. The molecule has 0 aliphatic carbocycles. The van der Waals surface area contributed by atoms with E-state index < -0.39 is 16.1 Å². The van der Waals surface area contributed by atoms with Gasteiger partial charge in [0.25, 0.3) is 0 Å². The first-order valence-electron chi connectivity index (χ1n) is 10.4. The molecule has 1 N–H and O–H groups in total. The Bertz CT molecular complexity index is 1380. The first-order valence-corrected chi connectivity index (χ1v) is 11.8. The first kappa shape index (κ1) is 20.5. The fraction of sp³-hybridized carbons (Fsp3) is 0.160. The van der Waals surface area contributed by atoms with Crippen molar-refractivity contribution in [2.24, 2.45) is 0 Å². The van der Waals surface area contributed by atoms with E-state index in [1.807, 2.05) is 48.5 Å².